The number of carbonyl (C=O) groups excluding carboxylic acids is 1. The fourth-order valence-corrected chi connectivity index (χ4v) is 3.48. The molecular weight excluding hydrogens is 330 g/mol. The predicted molar refractivity (Wildman–Crippen MR) is 89.7 cm³/mol. The molecule has 0 aliphatic carbocycles. The Morgan fingerprint density at radius 1 is 1.46 bits per heavy atom. The Bertz CT molecular complexity index is 718. The van der Waals surface area contributed by atoms with Crippen LogP contribution in [0.5, 0.6) is 0 Å². The summed E-state index contributed by atoms with van der Waals surface area (Å²) >= 11 is 6.12. The highest BCUT2D eigenvalue weighted by Crippen LogP contribution is 2.30. The molecule has 1 atom stereocenters. The van der Waals surface area contributed by atoms with Gasteiger partial charge in [-0.15, -0.1) is 0 Å². The van der Waals surface area contributed by atoms with Crippen LogP contribution in [0, 0.1) is 5.92 Å². The third kappa shape index (κ3) is 3.06. The van der Waals surface area contributed by atoms with Crippen molar-refractivity contribution in [1.82, 2.24) is 24.2 Å². The maximum atomic E-state index is 12.7. The minimum absolute atomic E-state index is 0.0933. The fourth-order valence-electron chi connectivity index (χ4n) is 3.26. The number of imidazole rings is 1. The second kappa shape index (κ2) is 6.94. The van der Waals surface area contributed by atoms with E-state index in [4.69, 9.17) is 11.6 Å². The van der Waals surface area contributed by atoms with Gasteiger partial charge >= 0.3 is 0 Å². The van der Waals surface area contributed by atoms with Crippen molar-refractivity contribution in [2.75, 3.05) is 13.1 Å². The zero-order valence-corrected chi connectivity index (χ0v) is 14.6. The number of amides is 1. The van der Waals surface area contributed by atoms with Crippen LogP contribution in [0.15, 0.2) is 18.6 Å². The number of carbonyl (C=O) groups is 1. The predicted octanol–water partition coefficient (Wildman–Crippen LogP) is 1.88. The molecule has 1 aliphatic rings. The van der Waals surface area contributed by atoms with Gasteiger partial charge in [-0.05, 0) is 25.7 Å². The molecule has 7 nitrogen and oxygen atoms in total. The van der Waals surface area contributed by atoms with Gasteiger partial charge in [0.2, 0.25) is 0 Å². The smallest absolute Gasteiger partial charge is 0.273 e. The van der Waals surface area contributed by atoms with Crippen LogP contribution >= 0.6 is 11.6 Å². The molecule has 8 heteroatoms. The first-order chi connectivity index (χ1) is 11.5. The van der Waals surface area contributed by atoms with Crippen LogP contribution in [0.1, 0.15) is 42.2 Å². The zero-order valence-electron chi connectivity index (χ0n) is 13.9. The summed E-state index contributed by atoms with van der Waals surface area (Å²) in [7, 11) is 1.87. The highest BCUT2D eigenvalue weighted by atomic mass is 35.5. The third-order valence-corrected chi connectivity index (χ3v) is 4.97. The number of hydrogen-bond acceptors (Lipinski definition) is 4. The molecule has 1 amide bonds. The van der Waals surface area contributed by atoms with E-state index in [1.807, 2.05) is 24.7 Å². The van der Waals surface area contributed by atoms with Gasteiger partial charge in [-0.3, -0.25) is 9.48 Å². The first-order valence-electron chi connectivity index (χ1n) is 8.18. The van der Waals surface area contributed by atoms with Crippen LogP contribution in [-0.2, 0) is 13.6 Å². The number of aromatic nitrogens is 4. The Labute approximate surface area is 145 Å². The van der Waals surface area contributed by atoms with Gasteiger partial charge in [-0.25, -0.2) is 4.98 Å². The number of nitrogens with zero attached hydrogens (tertiary/aromatic N) is 5. The lowest BCUT2D eigenvalue weighted by molar-refractivity contribution is 0.0413. The molecule has 130 valence electrons. The number of halogens is 1. The Morgan fingerprint density at radius 3 is 2.75 bits per heavy atom. The number of hydrogen-bond donors (Lipinski definition) is 1. The van der Waals surface area contributed by atoms with Crippen molar-refractivity contribution in [3.63, 3.8) is 0 Å². The molecule has 1 N–H and O–H groups in total. The van der Waals surface area contributed by atoms with Crippen LogP contribution in [0.2, 0.25) is 5.02 Å². The molecule has 2 aromatic heterocycles. The lowest BCUT2D eigenvalue weighted by Crippen LogP contribution is -2.41. The summed E-state index contributed by atoms with van der Waals surface area (Å²) in [5.41, 5.74) is 0.447. The number of aliphatic hydroxyl groups is 1. The maximum absolute atomic E-state index is 12.7. The van der Waals surface area contributed by atoms with Gasteiger partial charge < -0.3 is 14.6 Å². The van der Waals surface area contributed by atoms with Crippen LogP contribution in [0.25, 0.3) is 0 Å². The van der Waals surface area contributed by atoms with Crippen molar-refractivity contribution in [3.05, 3.63) is 35.1 Å². The van der Waals surface area contributed by atoms with Gasteiger partial charge in [0.05, 0.1) is 11.2 Å². The second-order valence-electron chi connectivity index (χ2n) is 6.13. The summed E-state index contributed by atoms with van der Waals surface area (Å²) in [6, 6.07) is 0. The normalized spacial score (nSPS) is 17.2. The average Bonchev–Trinajstić information content (AvgIpc) is 3.19. The topological polar surface area (TPSA) is 76.2 Å². The number of rotatable bonds is 4. The summed E-state index contributed by atoms with van der Waals surface area (Å²) in [6.07, 6.45) is 5.88. The van der Waals surface area contributed by atoms with Crippen molar-refractivity contribution >= 4 is 17.5 Å². The minimum atomic E-state index is -0.605. The largest absolute Gasteiger partial charge is 0.385 e. The summed E-state index contributed by atoms with van der Waals surface area (Å²) in [5, 5.41) is 15.0. The molecule has 1 aliphatic heterocycles. The van der Waals surface area contributed by atoms with Crippen molar-refractivity contribution in [3.8, 4) is 0 Å². The van der Waals surface area contributed by atoms with E-state index in [-0.39, 0.29) is 11.8 Å². The van der Waals surface area contributed by atoms with E-state index in [1.165, 1.54) is 6.20 Å². The quantitative estimate of drug-likeness (QED) is 0.912. The first-order valence-corrected chi connectivity index (χ1v) is 8.56. The number of likely N-dealkylation sites (tertiary alicyclic amines) is 1. The number of aryl methyl sites for hydroxylation is 2. The third-order valence-electron chi connectivity index (χ3n) is 4.69. The molecule has 3 rings (SSSR count). The van der Waals surface area contributed by atoms with E-state index < -0.39 is 6.10 Å². The van der Waals surface area contributed by atoms with Gasteiger partial charge in [0.15, 0.2) is 0 Å². The first kappa shape index (κ1) is 17.0. The van der Waals surface area contributed by atoms with Gasteiger partial charge in [0.1, 0.15) is 17.6 Å². The molecular formula is C16H22ClN5O2. The molecule has 0 bridgehead atoms. The lowest BCUT2D eigenvalue weighted by atomic mass is 9.90. The molecule has 0 saturated carbocycles. The Balaban J connectivity index is 1.66. The standard InChI is InChI=1S/C16H22ClN5O2/c1-3-22-13(12(17)10-19-22)16(24)21-7-4-11(5-8-21)14(23)15-18-6-9-20(15)2/h6,9-11,14,23H,3-5,7-8H2,1-2H3/t14-/m0/s1. The SMILES string of the molecule is CCn1ncc(Cl)c1C(=O)N1CCC([C@H](O)c2nccn2C)CC1. The molecule has 3 heterocycles. The average molecular weight is 352 g/mol. The molecule has 0 aromatic carbocycles. The summed E-state index contributed by atoms with van der Waals surface area (Å²) < 4.78 is 3.46. The van der Waals surface area contributed by atoms with Gasteiger partial charge in [0, 0.05) is 39.1 Å². The monoisotopic (exact) mass is 351 g/mol. The van der Waals surface area contributed by atoms with Gasteiger partial charge in [0.25, 0.3) is 5.91 Å². The highest BCUT2D eigenvalue weighted by molar-refractivity contribution is 6.33. The van der Waals surface area contributed by atoms with E-state index in [9.17, 15) is 9.90 Å². The van der Waals surface area contributed by atoms with Crippen LogP contribution in [0.4, 0.5) is 0 Å². The minimum Gasteiger partial charge on any atom is -0.385 e. The van der Waals surface area contributed by atoms with Gasteiger partial charge in [-0.2, -0.15) is 5.10 Å². The summed E-state index contributed by atoms with van der Waals surface area (Å²) in [4.78, 5) is 18.7. The van der Waals surface area contributed by atoms with Crippen LogP contribution < -0.4 is 0 Å². The molecule has 0 unspecified atom stereocenters. The number of aliphatic hydroxyl groups excluding tert-OH is 1. The summed E-state index contributed by atoms with van der Waals surface area (Å²) in [5.74, 6) is 0.679. The molecule has 0 spiro atoms. The second-order valence-corrected chi connectivity index (χ2v) is 6.53. The number of piperidine rings is 1. The van der Waals surface area contributed by atoms with Crippen molar-refractivity contribution in [2.45, 2.75) is 32.4 Å². The van der Waals surface area contributed by atoms with Crippen molar-refractivity contribution in [1.29, 1.82) is 0 Å². The lowest BCUT2D eigenvalue weighted by Gasteiger charge is -2.34. The van der Waals surface area contributed by atoms with E-state index in [1.54, 1.807) is 15.8 Å². The van der Waals surface area contributed by atoms with E-state index in [0.29, 0.717) is 36.2 Å². The molecule has 24 heavy (non-hydrogen) atoms. The van der Waals surface area contributed by atoms with E-state index in [2.05, 4.69) is 10.1 Å². The molecule has 1 saturated heterocycles. The van der Waals surface area contributed by atoms with Gasteiger partial charge in [-0.1, -0.05) is 11.6 Å². The fraction of sp³-hybridized carbons (Fsp3) is 0.562. The maximum Gasteiger partial charge on any atom is 0.273 e. The van der Waals surface area contributed by atoms with Crippen LogP contribution in [-0.4, -0.2) is 48.3 Å². The van der Waals surface area contributed by atoms with E-state index in [0.717, 1.165) is 12.8 Å². The van der Waals surface area contributed by atoms with E-state index >= 15 is 0 Å². The molecule has 2 aromatic rings. The Morgan fingerprint density at radius 2 is 2.17 bits per heavy atom. The van der Waals surface area contributed by atoms with Crippen molar-refractivity contribution < 1.29 is 9.90 Å². The molecule has 0 radical (unpaired) electrons. The van der Waals surface area contributed by atoms with Crippen LogP contribution in [0.3, 0.4) is 0 Å². The Hall–Kier alpha value is -1.86. The highest BCUT2D eigenvalue weighted by Gasteiger charge is 2.32. The zero-order chi connectivity index (χ0) is 17.3. The Kier molecular flexibility index (Phi) is 4.91. The molecule has 1 fully saturated rings. The van der Waals surface area contributed by atoms with Crippen molar-refractivity contribution in [2.24, 2.45) is 13.0 Å². The summed E-state index contributed by atoms with van der Waals surface area (Å²) in [6.45, 7) is 3.71.